The van der Waals surface area contributed by atoms with E-state index in [1.807, 2.05) is 36.4 Å². The van der Waals surface area contributed by atoms with E-state index in [0.717, 1.165) is 15.7 Å². The minimum Gasteiger partial charge on any atom is -0.351 e. The predicted molar refractivity (Wildman–Crippen MR) is 90.7 cm³/mol. The van der Waals surface area contributed by atoms with Crippen molar-refractivity contribution < 1.29 is 9.59 Å². The molecule has 2 heterocycles. The van der Waals surface area contributed by atoms with Gasteiger partial charge < -0.3 is 10.2 Å². The molecular formula is C17H16BrN3O2. The lowest BCUT2D eigenvalue weighted by atomic mass is 10.1. The first-order valence-corrected chi connectivity index (χ1v) is 8.18. The second-order valence-electron chi connectivity index (χ2n) is 5.38. The summed E-state index contributed by atoms with van der Waals surface area (Å²) in [6.45, 7) is 0.963. The van der Waals surface area contributed by atoms with Crippen LogP contribution in [0.1, 0.15) is 12.0 Å². The van der Waals surface area contributed by atoms with Crippen LogP contribution in [0.3, 0.4) is 0 Å². The number of nitrogens with one attached hydrogen (secondary N) is 1. The summed E-state index contributed by atoms with van der Waals surface area (Å²) in [6.07, 6.45) is 3.89. The first-order chi connectivity index (χ1) is 11.1. The molecule has 6 heteroatoms. The summed E-state index contributed by atoms with van der Waals surface area (Å²) in [6, 6.07) is 11.2. The summed E-state index contributed by atoms with van der Waals surface area (Å²) in [5.41, 5.74) is 1.77. The zero-order valence-electron chi connectivity index (χ0n) is 12.4. The molecule has 0 radical (unpaired) electrons. The lowest BCUT2D eigenvalue weighted by Gasteiger charge is -2.17. The molecule has 0 saturated carbocycles. The number of hydrogen-bond donors (Lipinski definition) is 1. The predicted octanol–water partition coefficient (Wildman–Crippen LogP) is 2.51. The number of hydrogen-bond acceptors (Lipinski definition) is 3. The number of nitrogens with zero attached hydrogens (tertiary/aromatic N) is 2. The summed E-state index contributed by atoms with van der Waals surface area (Å²) in [4.78, 5) is 30.4. The van der Waals surface area contributed by atoms with Crippen LogP contribution in [-0.4, -0.2) is 23.3 Å². The smallest absolute Gasteiger partial charge is 0.239 e. The van der Waals surface area contributed by atoms with Crippen LogP contribution in [0.15, 0.2) is 53.3 Å². The number of aromatic nitrogens is 1. The highest BCUT2D eigenvalue weighted by Crippen LogP contribution is 2.27. The van der Waals surface area contributed by atoms with Gasteiger partial charge in [0.1, 0.15) is 5.92 Å². The maximum atomic E-state index is 12.5. The number of carbonyl (C=O) groups excluding carboxylic acids is 2. The third kappa shape index (κ3) is 3.59. The van der Waals surface area contributed by atoms with Crippen LogP contribution in [0.25, 0.3) is 0 Å². The van der Waals surface area contributed by atoms with E-state index in [4.69, 9.17) is 0 Å². The van der Waals surface area contributed by atoms with Crippen molar-refractivity contribution in [2.75, 3.05) is 11.4 Å². The Balaban J connectivity index is 1.63. The molecule has 1 aromatic carbocycles. The van der Waals surface area contributed by atoms with Gasteiger partial charge >= 0.3 is 0 Å². The van der Waals surface area contributed by atoms with Crippen molar-refractivity contribution in [3.63, 3.8) is 0 Å². The van der Waals surface area contributed by atoms with Crippen molar-refractivity contribution in [2.24, 2.45) is 5.92 Å². The van der Waals surface area contributed by atoms with Gasteiger partial charge in [0, 0.05) is 35.6 Å². The molecule has 1 N–H and O–H groups in total. The van der Waals surface area contributed by atoms with Crippen molar-refractivity contribution in [3.8, 4) is 0 Å². The minimum atomic E-state index is -0.615. The largest absolute Gasteiger partial charge is 0.351 e. The maximum Gasteiger partial charge on any atom is 0.239 e. The van der Waals surface area contributed by atoms with Gasteiger partial charge in [-0.1, -0.05) is 22.0 Å². The molecule has 1 aromatic heterocycles. The molecule has 1 aliphatic heterocycles. The molecule has 118 valence electrons. The van der Waals surface area contributed by atoms with Crippen molar-refractivity contribution >= 4 is 33.4 Å². The number of anilines is 1. The summed E-state index contributed by atoms with van der Waals surface area (Å²) in [7, 11) is 0. The molecule has 3 rings (SSSR count). The Labute approximate surface area is 142 Å². The Kier molecular flexibility index (Phi) is 4.71. The average molecular weight is 374 g/mol. The summed E-state index contributed by atoms with van der Waals surface area (Å²) in [5, 5.41) is 2.83. The Morgan fingerprint density at radius 1 is 1.30 bits per heavy atom. The Morgan fingerprint density at radius 2 is 2.09 bits per heavy atom. The van der Waals surface area contributed by atoms with Gasteiger partial charge in [0.05, 0.1) is 0 Å². The van der Waals surface area contributed by atoms with Crippen molar-refractivity contribution in [1.29, 1.82) is 0 Å². The zero-order chi connectivity index (χ0) is 16.2. The van der Waals surface area contributed by atoms with E-state index in [1.165, 1.54) is 0 Å². The van der Waals surface area contributed by atoms with E-state index >= 15 is 0 Å². The van der Waals surface area contributed by atoms with Gasteiger partial charge in [-0.2, -0.15) is 0 Å². The first kappa shape index (κ1) is 15.7. The number of carbonyl (C=O) groups is 2. The second-order valence-corrected chi connectivity index (χ2v) is 6.30. The molecule has 5 nitrogen and oxygen atoms in total. The van der Waals surface area contributed by atoms with Gasteiger partial charge in [-0.15, -0.1) is 0 Å². The van der Waals surface area contributed by atoms with Gasteiger partial charge in [-0.05, 0) is 42.3 Å². The van der Waals surface area contributed by atoms with Crippen LogP contribution in [0, 0.1) is 5.92 Å². The van der Waals surface area contributed by atoms with Gasteiger partial charge in [0.15, 0.2) is 0 Å². The minimum absolute atomic E-state index is 0.143. The molecule has 1 aliphatic rings. The van der Waals surface area contributed by atoms with Crippen LogP contribution in [0.5, 0.6) is 0 Å². The van der Waals surface area contributed by atoms with E-state index in [9.17, 15) is 9.59 Å². The number of amides is 2. The third-order valence-electron chi connectivity index (χ3n) is 3.86. The lowest BCUT2D eigenvalue weighted by molar-refractivity contribution is -0.132. The Hall–Kier alpha value is -2.21. The van der Waals surface area contributed by atoms with Crippen LogP contribution in [0.2, 0.25) is 0 Å². The molecular weight excluding hydrogens is 358 g/mol. The zero-order valence-corrected chi connectivity index (χ0v) is 14.0. The van der Waals surface area contributed by atoms with E-state index in [-0.39, 0.29) is 11.8 Å². The van der Waals surface area contributed by atoms with Crippen LogP contribution < -0.4 is 10.2 Å². The molecule has 0 aliphatic carbocycles. The molecule has 1 fully saturated rings. The Morgan fingerprint density at radius 3 is 2.83 bits per heavy atom. The first-order valence-electron chi connectivity index (χ1n) is 7.39. The fraction of sp³-hybridized carbons (Fsp3) is 0.235. The van der Waals surface area contributed by atoms with Crippen LogP contribution in [-0.2, 0) is 16.1 Å². The summed E-state index contributed by atoms with van der Waals surface area (Å²) >= 11 is 3.40. The number of rotatable bonds is 4. The topological polar surface area (TPSA) is 62.3 Å². The molecule has 0 spiro atoms. The molecule has 0 bridgehead atoms. The van der Waals surface area contributed by atoms with Gasteiger partial charge in [0.2, 0.25) is 11.8 Å². The standard InChI is InChI=1S/C17H16BrN3O2/c18-13-2-1-3-14(10-13)21-9-6-15(17(21)23)16(22)20-11-12-4-7-19-8-5-12/h1-5,7-8,10,15H,6,9,11H2,(H,20,22). The average Bonchev–Trinajstić information content (AvgIpc) is 2.95. The molecule has 2 aromatic rings. The second kappa shape index (κ2) is 6.91. The molecule has 1 atom stereocenters. The number of pyridine rings is 1. The van der Waals surface area contributed by atoms with Gasteiger partial charge in [-0.3, -0.25) is 14.6 Å². The quantitative estimate of drug-likeness (QED) is 0.837. The van der Waals surface area contributed by atoms with E-state index in [1.54, 1.807) is 17.3 Å². The van der Waals surface area contributed by atoms with E-state index in [2.05, 4.69) is 26.2 Å². The van der Waals surface area contributed by atoms with Gasteiger partial charge in [-0.25, -0.2) is 0 Å². The SMILES string of the molecule is O=C(NCc1ccncc1)C1CCN(c2cccc(Br)c2)C1=O. The van der Waals surface area contributed by atoms with Gasteiger partial charge in [0.25, 0.3) is 0 Å². The molecule has 1 saturated heterocycles. The van der Waals surface area contributed by atoms with Crippen molar-refractivity contribution in [2.45, 2.75) is 13.0 Å². The van der Waals surface area contributed by atoms with Crippen LogP contribution >= 0.6 is 15.9 Å². The maximum absolute atomic E-state index is 12.5. The van der Waals surface area contributed by atoms with E-state index < -0.39 is 5.92 Å². The van der Waals surface area contributed by atoms with E-state index in [0.29, 0.717) is 19.5 Å². The molecule has 1 unspecified atom stereocenters. The van der Waals surface area contributed by atoms with Crippen molar-refractivity contribution in [3.05, 3.63) is 58.8 Å². The molecule has 23 heavy (non-hydrogen) atoms. The highest BCUT2D eigenvalue weighted by atomic mass is 79.9. The monoisotopic (exact) mass is 373 g/mol. The Bertz CT molecular complexity index is 721. The fourth-order valence-electron chi connectivity index (χ4n) is 2.64. The normalized spacial score (nSPS) is 17.3. The highest BCUT2D eigenvalue weighted by molar-refractivity contribution is 9.10. The number of halogens is 1. The summed E-state index contributed by atoms with van der Waals surface area (Å²) < 4.78 is 0.911. The lowest BCUT2D eigenvalue weighted by Crippen LogP contribution is -2.36. The van der Waals surface area contributed by atoms with Crippen LogP contribution in [0.4, 0.5) is 5.69 Å². The highest BCUT2D eigenvalue weighted by Gasteiger charge is 2.37. The number of benzene rings is 1. The third-order valence-corrected chi connectivity index (χ3v) is 4.35. The summed E-state index contributed by atoms with van der Waals surface area (Å²) in [5.74, 6) is -0.976. The molecule has 2 amide bonds. The fourth-order valence-corrected chi connectivity index (χ4v) is 3.02. The van der Waals surface area contributed by atoms with Crippen molar-refractivity contribution in [1.82, 2.24) is 10.3 Å².